The van der Waals surface area contributed by atoms with E-state index in [0.717, 1.165) is 17.2 Å². The van der Waals surface area contributed by atoms with Gasteiger partial charge in [0, 0.05) is 12.1 Å². The van der Waals surface area contributed by atoms with Crippen molar-refractivity contribution in [2.24, 2.45) is 5.73 Å². The Hall–Kier alpha value is -0.720. The summed E-state index contributed by atoms with van der Waals surface area (Å²) in [6.45, 7) is 6.10. The number of aromatic nitrogens is 2. The Kier molecular flexibility index (Phi) is 5.85. The lowest BCUT2D eigenvalue weighted by Gasteiger charge is -2.23. The summed E-state index contributed by atoms with van der Waals surface area (Å²) >= 11 is 1.12. The maximum absolute atomic E-state index is 11.8. The van der Waals surface area contributed by atoms with Crippen LogP contribution in [0.5, 0.6) is 0 Å². The molecule has 1 aromatic rings. The van der Waals surface area contributed by atoms with Crippen molar-refractivity contribution in [1.82, 2.24) is 14.9 Å². The van der Waals surface area contributed by atoms with Crippen LogP contribution in [0.1, 0.15) is 36.1 Å². The van der Waals surface area contributed by atoms with Crippen molar-refractivity contribution >= 4 is 29.8 Å². The maximum atomic E-state index is 11.8. The minimum absolute atomic E-state index is 0. The minimum Gasteiger partial charge on any atom is -0.345 e. The van der Waals surface area contributed by atoms with Gasteiger partial charge in [-0.3, -0.25) is 4.79 Å². The number of carbonyl (C=O) groups excluding carboxylic acids is 1. The van der Waals surface area contributed by atoms with Crippen molar-refractivity contribution in [3.63, 3.8) is 0 Å². The lowest BCUT2D eigenvalue weighted by molar-refractivity contribution is 0.0919. The third-order valence-corrected chi connectivity index (χ3v) is 2.83. The largest absolute Gasteiger partial charge is 0.345 e. The fourth-order valence-electron chi connectivity index (χ4n) is 1.03. The zero-order valence-corrected chi connectivity index (χ0v) is 11.2. The molecule has 0 saturated carbocycles. The highest BCUT2D eigenvalue weighted by molar-refractivity contribution is 7.08. The van der Waals surface area contributed by atoms with Crippen LogP contribution in [0.25, 0.3) is 0 Å². The lowest BCUT2D eigenvalue weighted by Crippen LogP contribution is -2.48. The number of nitrogens with two attached hydrogens (primary N) is 1. The van der Waals surface area contributed by atoms with Crippen molar-refractivity contribution in [3.8, 4) is 0 Å². The van der Waals surface area contributed by atoms with E-state index in [1.807, 2.05) is 20.8 Å². The Balaban J connectivity index is 0.00000225. The molecule has 0 aliphatic rings. The molecule has 0 radical (unpaired) electrons. The van der Waals surface area contributed by atoms with Crippen LogP contribution in [0.4, 0.5) is 0 Å². The summed E-state index contributed by atoms with van der Waals surface area (Å²) in [4.78, 5) is 12.4. The maximum Gasteiger partial charge on any atom is 0.265 e. The first-order chi connectivity index (χ1) is 7.00. The molecule has 7 heteroatoms. The summed E-state index contributed by atoms with van der Waals surface area (Å²) in [5.74, 6) is -0.141. The van der Waals surface area contributed by atoms with E-state index in [-0.39, 0.29) is 18.3 Å². The van der Waals surface area contributed by atoms with Gasteiger partial charge in [-0.2, -0.15) is 0 Å². The number of amides is 1. The van der Waals surface area contributed by atoms with Crippen molar-refractivity contribution in [2.45, 2.75) is 32.7 Å². The minimum atomic E-state index is -0.397. The van der Waals surface area contributed by atoms with E-state index in [2.05, 4.69) is 14.9 Å². The van der Waals surface area contributed by atoms with E-state index in [4.69, 9.17) is 5.73 Å². The molecule has 1 aromatic heterocycles. The molecule has 1 heterocycles. The second kappa shape index (κ2) is 6.12. The van der Waals surface area contributed by atoms with E-state index in [1.54, 1.807) is 0 Å². The molecule has 5 nitrogen and oxygen atoms in total. The second-order valence-corrected chi connectivity index (χ2v) is 4.70. The van der Waals surface area contributed by atoms with E-state index >= 15 is 0 Å². The van der Waals surface area contributed by atoms with Gasteiger partial charge in [-0.05, 0) is 31.8 Å². The fourth-order valence-corrected chi connectivity index (χ4v) is 1.67. The van der Waals surface area contributed by atoms with Crippen molar-refractivity contribution in [2.75, 3.05) is 6.54 Å². The highest BCUT2D eigenvalue weighted by Crippen LogP contribution is 2.12. The Morgan fingerprint density at radius 2 is 2.19 bits per heavy atom. The highest BCUT2D eigenvalue weighted by Gasteiger charge is 2.22. The van der Waals surface area contributed by atoms with E-state index in [1.165, 1.54) is 0 Å². The van der Waals surface area contributed by atoms with E-state index < -0.39 is 5.54 Å². The standard InChI is InChI=1S/C9H16N4OS.ClH/c1-4-6-7(15-13-12-6)8(14)11-9(2,3)5-10;/h4-5,10H2,1-3H3,(H,11,14);1H. The molecule has 1 amide bonds. The molecule has 0 atom stereocenters. The van der Waals surface area contributed by atoms with Gasteiger partial charge in [-0.1, -0.05) is 11.4 Å². The molecule has 0 aliphatic heterocycles. The zero-order chi connectivity index (χ0) is 11.5. The molecule has 0 aromatic carbocycles. The van der Waals surface area contributed by atoms with Gasteiger partial charge in [-0.15, -0.1) is 17.5 Å². The number of nitrogens with one attached hydrogen (secondary N) is 1. The summed E-state index contributed by atoms with van der Waals surface area (Å²) in [6.07, 6.45) is 0.711. The summed E-state index contributed by atoms with van der Waals surface area (Å²) in [5.41, 5.74) is 5.88. The first-order valence-corrected chi connectivity index (χ1v) is 5.61. The number of hydrogen-bond donors (Lipinski definition) is 2. The van der Waals surface area contributed by atoms with Crippen LogP contribution in [-0.2, 0) is 6.42 Å². The normalized spacial score (nSPS) is 10.8. The van der Waals surface area contributed by atoms with Crippen LogP contribution in [0.3, 0.4) is 0 Å². The molecular formula is C9H17ClN4OS. The average molecular weight is 265 g/mol. The molecule has 0 aliphatic carbocycles. The number of hydrogen-bond acceptors (Lipinski definition) is 5. The topological polar surface area (TPSA) is 80.9 Å². The number of rotatable bonds is 4. The smallest absolute Gasteiger partial charge is 0.265 e. The molecule has 0 spiro atoms. The molecule has 0 unspecified atom stereocenters. The number of aryl methyl sites for hydroxylation is 1. The molecule has 0 fully saturated rings. The third-order valence-electron chi connectivity index (χ3n) is 2.06. The lowest BCUT2D eigenvalue weighted by atomic mass is 10.1. The predicted molar refractivity (Wildman–Crippen MR) is 67.1 cm³/mol. The number of carbonyl (C=O) groups is 1. The predicted octanol–water partition coefficient (Wildman–Crippen LogP) is 0.989. The summed E-state index contributed by atoms with van der Waals surface area (Å²) in [7, 11) is 0. The number of nitrogens with zero attached hydrogens (tertiary/aromatic N) is 2. The molecule has 16 heavy (non-hydrogen) atoms. The Morgan fingerprint density at radius 3 is 2.69 bits per heavy atom. The van der Waals surface area contributed by atoms with Crippen molar-refractivity contribution < 1.29 is 4.79 Å². The molecule has 1 rings (SSSR count). The van der Waals surface area contributed by atoms with Crippen LogP contribution >= 0.6 is 23.9 Å². The van der Waals surface area contributed by atoms with Gasteiger partial charge in [-0.25, -0.2) is 0 Å². The van der Waals surface area contributed by atoms with Crippen LogP contribution < -0.4 is 11.1 Å². The van der Waals surface area contributed by atoms with E-state index in [9.17, 15) is 4.79 Å². The van der Waals surface area contributed by atoms with E-state index in [0.29, 0.717) is 17.8 Å². The Morgan fingerprint density at radius 1 is 1.56 bits per heavy atom. The second-order valence-electron chi connectivity index (χ2n) is 3.94. The summed E-state index contributed by atoms with van der Waals surface area (Å²) in [6, 6.07) is 0. The van der Waals surface area contributed by atoms with Crippen molar-refractivity contribution in [1.29, 1.82) is 0 Å². The van der Waals surface area contributed by atoms with Gasteiger partial charge < -0.3 is 11.1 Å². The first kappa shape index (κ1) is 15.3. The first-order valence-electron chi connectivity index (χ1n) is 4.84. The van der Waals surface area contributed by atoms with Gasteiger partial charge in [0.05, 0.1) is 5.69 Å². The quantitative estimate of drug-likeness (QED) is 0.850. The average Bonchev–Trinajstić information content (AvgIpc) is 2.64. The van der Waals surface area contributed by atoms with Crippen LogP contribution in [-0.4, -0.2) is 27.6 Å². The molecule has 92 valence electrons. The highest BCUT2D eigenvalue weighted by atomic mass is 35.5. The SMILES string of the molecule is CCc1nnsc1C(=O)NC(C)(C)CN.Cl. The summed E-state index contributed by atoms with van der Waals surface area (Å²) in [5, 5.41) is 6.74. The zero-order valence-electron chi connectivity index (χ0n) is 9.61. The van der Waals surface area contributed by atoms with Gasteiger partial charge in [0.25, 0.3) is 5.91 Å². The molecule has 0 bridgehead atoms. The summed E-state index contributed by atoms with van der Waals surface area (Å²) < 4.78 is 3.77. The third kappa shape index (κ3) is 3.70. The van der Waals surface area contributed by atoms with Crippen LogP contribution in [0, 0.1) is 0 Å². The van der Waals surface area contributed by atoms with Crippen LogP contribution in [0.2, 0.25) is 0 Å². The molecular weight excluding hydrogens is 248 g/mol. The Labute approximate surface area is 105 Å². The monoisotopic (exact) mass is 264 g/mol. The molecule has 3 N–H and O–H groups in total. The number of halogens is 1. The van der Waals surface area contributed by atoms with Gasteiger partial charge in [0.15, 0.2) is 0 Å². The van der Waals surface area contributed by atoms with Crippen molar-refractivity contribution in [3.05, 3.63) is 10.6 Å². The fraction of sp³-hybridized carbons (Fsp3) is 0.667. The van der Waals surface area contributed by atoms with Gasteiger partial charge in [0.1, 0.15) is 4.88 Å². The van der Waals surface area contributed by atoms with Gasteiger partial charge >= 0.3 is 0 Å². The molecule has 0 saturated heterocycles. The Bertz CT molecular complexity index is 353. The van der Waals surface area contributed by atoms with Gasteiger partial charge in [0.2, 0.25) is 0 Å². The van der Waals surface area contributed by atoms with Crippen LogP contribution in [0.15, 0.2) is 0 Å².